The molecule has 4 heteroatoms. The fourth-order valence-electron chi connectivity index (χ4n) is 2.63. The molecule has 0 bridgehead atoms. The van der Waals surface area contributed by atoms with Crippen molar-refractivity contribution in [2.75, 3.05) is 6.54 Å². The molecule has 0 aliphatic heterocycles. The lowest BCUT2D eigenvalue weighted by atomic mass is 10.2. The summed E-state index contributed by atoms with van der Waals surface area (Å²) < 4.78 is 2.22. The first-order valence-corrected chi connectivity index (χ1v) is 7.92. The highest BCUT2D eigenvalue weighted by atomic mass is 16.2. The fourth-order valence-corrected chi connectivity index (χ4v) is 2.63. The number of carbonyl (C=O) groups is 1. The summed E-state index contributed by atoms with van der Waals surface area (Å²) in [7, 11) is 0. The Morgan fingerprint density at radius 1 is 0.913 bits per heavy atom. The van der Waals surface area contributed by atoms with E-state index in [4.69, 9.17) is 0 Å². The van der Waals surface area contributed by atoms with E-state index in [-0.39, 0.29) is 6.03 Å². The SMILES string of the molecule is O=C(NCCCn1ccc2ccccc21)NCc1ccccc1. The van der Waals surface area contributed by atoms with Crippen LogP contribution in [0.4, 0.5) is 4.79 Å². The minimum Gasteiger partial charge on any atom is -0.347 e. The Labute approximate surface area is 136 Å². The maximum atomic E-state index is 11.8. The summed E-state index contributed by atoms with van der Waals surface area (Å²) >= 11 is 0. The molecule has 3 rings (SSSR count). The van der Waals surface area contributed by atoms with Crippen LogP contribution in [0.25, 0.3) is 10.9 Å². The van der Waals surface area contributed by atoms with Crippen LogP contribution in [0.15, 0.2) is 66.9 Å². The van der Waals surface area contributed by atoms with Gasteiger partial charge in [-0.15, -0.1) is 0 Å². The van der Waals surface area contributed by atoms with E-state index in [1.54, 1.807) is 0 Å². The van der Waals surface area contributed by atoms with Crippen LogP contribution in [-0.2, 0) is 13.1 Å². The molecule has 2 N–H and O–H groups in total. The number of amides is 2. The summed E-state index contributed by atoms with van der Waals surface area (Å²) in [5.41, 5.74) is 2.34. The first kappa shape index (κ1) is 15.2. The van der Waals surface area contributed by atoms with Gasteiger partial charge in [-0.2, -0.15) is 0 Å². The van der Waals surface area contributed by atoms with Gasteiger partial charge in [0.15, 0.2) is 0 Å². The van der Waals surface area contributed by atoms with Gasteiger partial charge >= 0.3 is 6.03 Å². The standard InChI is InChI=1S/C19H21N3O/c23-19(21-15-16-7-2-1-3-8-16)20-12-6-13-22-14-11-17-9-4-5-10-18(17)22/h1-5,7-11,14H,6,12-13,15H2,(H2,20,21,23). The zero-order valence-electron chi connectivity index (χ0n) is 13.0. The molecule has 0 aliphatic carbocycles. The van der Waals surface area contributed by atoms with Crippen LogP contribution in [-0.4, -0.2) is 17.1 Å². The number of fused-ring (bicyclic) bond motifs is 1. The van der Waals surface area contributed by atoms with E-state index < -0.39 is 0 Å². The largest absolute Gasteiger partial charge is 0.347 e. The first-order valence-electron chi connectivity index (χ1n) is 7.92. The van der Waals surface area contributed by atoms with E-state index in [0.29, 0.717) is 13.1 Å². The Morgan fingerprint density at radius 3 is 2.57 bits per heavy atom. The van der Waals surface area contributed by atoms with Gasteiger partial charge in [0.25, 0.3) is 0 Å². The average molecular weight is 307 g/mol. The van der Waals surface area contributed by atoms with Crippen molar-refractivity contribution in [2.45, 2.75) is 19.5 Å². The summed E-state index contributed by atoms with van der Waals surface area (Å²) in [6.45, 7) is 2.11. The Bertz CT molecular complexity index is 764. The summed E-state index contributed by atoms with van der Waals surface area (Å²) in [4.78, 5) is 11.8. The monoisotopic (exact) mass is 307 g/mol. The van der Waals surface area contributed by atoms with Gasteiger partial charge in [0.05, 0.1) is 0 Å². The van der Waals surface area contributed by atoms with Crippen LogP contribution in [0, 0.1) is 0 Å². The number of benzene rings is 2. The highest BCUT2D eigenvalue weighted by molar-refractivity contribution is 5.79. The third-order valence-electron chi connectivity index (χ3n) is 3.84. The summed E-state index contributed by atoms with van der Waals surface area (Å²) in [5, 5.41) is 7.02. The predicted molar refractivity (Wildman–Crippen MR) is 93.2 cm³/mol. The van der Waals surface area contributed by atoms with Crippen LogP contribution in [0.3, 0.4) is 0 Å². The van der Waals surface area contributed by atoms with E-state index in [2.05, 4.69) is 39.6 Å². The highest BCUT2D eigenvalue weighted by Gasteiger charge is 2.01. The van der Waals surface area contributed by atoms with Crippen LogP contribution in [0.1, 0.15) is 12.0 Å². The molecule has 2 aromatic carbocycles. The molecule has 0 saturated carbocycles. The second-order valence-electron chi connectivity index (χ2n) is 5.52. The van der Waals surface area contributed by atoms with Crippen LogP contribution >= 0.6 is 0 Å². The molecule has 23 heavy (non-hydrogen) atoms. The van der Waals surface area contributed by atoms with E-state index in [9.17, 15) is 4.79 Å². The number of rotatable bonds is 6. The van der Waals surface area contributed by atoms with Gasteiger partial charge in [-0.05, 0) is 29.5 Å². The predicted octanol–water partition coefficient (Wildman–Crippen LogP) is 3.53. The van der Waals surface area contributed by atoms with Gasteiger partial charge in [0, 0.05) is 31.3 Å². The molecule has 0 aliphatic rings. The minimum atomic E-state index is -0.119. The molecule has 0 fully saturated rings. The molecule has 0 unspecified atom stereocenters. The number of nitrogens with zero attached hydrogens (tertiary/aromatic N) is 1. The van der Waals surface area contributed by atoms with Crippen molar-refractivity contribution in [2.24, 2.45) is 0 Å². The van der Waals surface area contributed by atoms with E-state index in [0.717, 1.165) is 18.5 Å². The maximum Gasteiger partial charge on any atom is 0.315 e. The lowest BCUT2D eigenvalue weighted by Crippen LogP contribution is -2.35. The number of hydrogen-bond acceptors (Lipinski definition) is 1. The van der Waals surface area contributed by atoms with Crippen molar-refractivity contribution >= 4 is 16.9 Å². The van der Waals surface area contributed by atoms with Crippen LogP contribution in [0.2, 0.25) is 0 Å². The van der Waals surface area contributed by atoms with Gasteiger partial charge in [0.2, 0.25) is 0 Å². The number of aryl methyl sites for hydroxylation is 1. The van der Waals surface area contributed by atoms with Gasteiger partial charge in [-0.1, -0.05) is 48.5 Å². The third-order valence-corrected chi connectivity index (χ3v) is 3.84. The van der Waals surface area contributed by atoms with Crippen molar-refractivity contribution in [3.8, 4) is 0 Å². The second kappa shape index (κ2) is 7.49. The second-order valence-corrected chi connectivity index (χ2v) is 5.52. The first-order chi connectivity index (χ1) is 11.3. The summed E-state index contributed by atoms with van der Waals surface area (Å²) in [6, 6.07) is 20.2. The Balaban J connectivity index is 1.39. The number of carbonyl (C=O) groups excluding carboxylic acids is 1. The fraction of sp³-hybridized carbons (Fsp3) is 0.211. The van der Waals surface area contributed by atoms with Crippen molar-refractivity contribution in [1.29, 1.82) is 0 Å². The number of para-hydroxylation sites is 1. The van der Waals surface area contributed by atoms with Gasteiger partial charge in [-0.3, -0.25) is 0 Å². The van der Waals surface area contributed by atoms with Gasteiger partial charge < -0.3 is 15.2 Å². The molecule has 2 amide bonds. The average Bonchev–Trinajstić information content (AvgIpc) is 3.01. The molecule has 1 aromatic heterocycles. The van der Waals surface area contributed by atoms with Crippen molar-refractivity contribution < 1.29 is 4.79 Å². The molecular weight excluding hydrogens is 286 g/mol. The van der Waals surface area contributed by atoms with Crippen LogP contribution in [0.5, 0.6) is 0 Å². The summed E-state index contributed by atoms with van der Waals surface area (Å²) in [6.07, 6.45) is 3.00. The smallest absolute Gasteiger partial charge is 0.315 e. The highest BCUT2D eigenvalue weighted by Crippen LogP contribution is 2.15. The summed E-state index contributed by atoms with van der Waals surface area (Å²) in [5.74, 6) is 0. The third kappa shape index (κ3) is 4.13. The Kier molecular flexibility index (Phi) is 4.94. The van der Waals surface area contributed by atoms with Gasteiger partial charge in [0.1, 0.15) is 0 Å². The molecule has 0 radical (unpaired) electrons. The maximum absolute atomic E-state index is 11.8. The van der Waals surface area contributed by atoms with E-state index in [1.807, 2.05) is 42.5 Å². The van der Waals surface area contributed by atoms with Crippen molar-refractivity contribution in [3.63, 3.8) is 0 Å². The van der Waals surface area contributed by atoms with E-state index in [1.165, 1.54) is 10.9 Å². The van der Waals surface area contributed by atoms with Crippen molar-refractivity contribution in [1.82, 2.24) is 15.2 Å². The van der Waals surface area contributed by atoms with Gasteiger partial charge in [-0.25, -0.2) is 4.79 Å². The molecule has 0 saturated heterocycles. The quantitative estimate of drug-likeness (QED) is 0.672. The van der Waals surface area contributed by atoms with E-state index >= 15 is 0 Å². The Hall–Kier alpha value is -2.75. The minimum absolute atomic E-state index is 0.119. The lowest BCUT2D eigenvalue weighted by molar-refractivity contribution is 0.240. The normalized spacial score (nSPS) is 10.6. The number of nitrogens with one attached hydrogen (secondary N) is 2. The number of aromatic nitrogens is 1. The molecule has 0 atom stereocenters. The zero-order valence-corrected chi connectivity index (χ0v) is 13.0. The lowest BCUT2D eigenvalue weighted by Gasteiger charge is -2.09. The molecule has 1 heterocycles. The molecule has 0 spiro atoms. The molecule has 3 aromatic rings. The topological polar surface area (TPSA) is 46.1 Å². The molecule has 4 nitrogen and oxygen atoms in total. The molecule has 118 valence electrons. The number of hydrogen-bond donors (Lipinski definition) is 2. The Morgan fingerprint density at radius 2 is 1.70 bits per heavy atom. The number of urea groups is 1. The van der Waals surface area contributed by atoms with Crippen molar-refractivity contribution in [3.05, 3.63) is 72.4 Å². The zero-order chi connectivity index (χ0) is 15.9. The van der Waals surface area contributed by atoms with Crippen LogP contribution < -0.4 is 10.6 Å². The molecular formula is C19H21N3O.